The zero-order valence-corrected chi connectivity index (χ0v) is 11.0. The number of halogens is 1. The minimum atomic E-state index is -0.541. The van der Waals surface area contributed by atoms with E-state index in [-0.39, 0.29) is 5.75 Å². The lowest BCUT2D eigenvalue weighted by atomic mass is 9.83. The van der Waals surface area contributed by atoms with Crippen LogP contribution in [0.15, 0.2) is 18.2 Å². The minimum absolute atomic E-state index is 0.278. The lowest BCUT2D eigenvalue weighted by Gasteiger charge is -2.26. The quantitative estimate of drug-likeness (QED) is 0.859. The van der Waals surface area contributed by atoms with E-state index in [0.29, 0.717) is 6.54 Å². The van der Waals surface area contributed by atoms with E-state index in [4.69, 9.17) is 5.11 Å². The first kappa shape index (κ1) is 13.3. The van der Waals surface area contributed by atoms with Crippen molar-refractivity contribution >= 4 is 0 Å². The van der Waals surface area contributed by atoms with Crippen molar-refractivity contribution in [1.29, 1.82) is 0 Å². The van der Waals surface area contributed by atoms with Crippen LogP contribution in [0.2, 0.25) is 0 Å². The van der Waals surface area contributed by atoms with Crippen LogP contribution in [-0.4, -0.2) is 11.7 Å². The molecule has 0 saturated heterocycles. The first-order valence-electron chi connectivity index (χ1n) is 6.83. The summed E-state index contributed by atoms with van der Waals surface area (Å²) in [4.78, 5) is 0. The van der Waals surface area contributed by atoms with Gasteiger partial charge in [0.15, 0.2) is 11.6 Å². The van der Waals surface area contributed by atoms with Gasteiger partial charge in [0, 0.05) is 6.54 Å². The van der Waals surface area contributed by atoms with Crippen molar-refractivity contribution in [2.75, 3.05) is 6.54 Å². The zero-order chi connectivity index (χ0) is 13.0. The number of phenols is 1. The van der Waals surface area contributed by atoms with Gasteiger partial charge in [-0.15, -0.1) is 0 Å². The van der Waals surface area contributed by atoms with Crippen LogP contribution >= 0.6 is 0 Å². The maximum atomic E-state index is 13.1. The second-order valence-electron chi connectivity index (χ2n) is 5.54. The Hall–Kier alpha value is -1.09. The number of aromatic hydroxyl groups is 1. The number of nitrogens with one attached hydrogen (secondary N) is 1. The number of phenolic OH excluding ortho intramolecular Hbond substituents is 1. The molecule has 0 radical (unpaired) electrons. The molecular formula is C15H22FNO. The van der Waals surface area contributed by atoms with E-state index in [9.17, 15) is 4.39 Å². The van der Waals surface area contributed by atoms with Gasteiger partial charge in [-0.05, 0) is 48.9 Å². The molecule has 2 nitrogen and oxygen atoms in total. The van der Waals surface area contributed by atoms with Crippen molar-refractivity contribution in [1.82, 2.24) is 5.32 Å². The number of hydrogen-bond donors (Lipinski definition) is 2. The third-order valence-corrected chi connectivity index (χ3v) is 3.91. The zero-order valence-electron chi connectivity index (χ0n) is 11.0. The van der Waals surface area contributed by atoms with E-state index in [2.05, 4.69) is 12.2 Å². The summed E-state index contributed by atoms with van der Waals surface area (Å²) in [5, 5.41) is 12.5. The first-order chi connectivity index (χ1) is 8.65. The molecule has 1 saturated carbocycles. The Balaban J connectivity index is 1.73. The average molecular weight is 251 g/mol. The number of hydrogen-bond acceptors (Lipinski definition) is 2. The summed E-state index contributed by atoms with van der Waals surface area (Å²) in [5.74, 6) is 0.830. The molecule has 0 heterocycles. The van der Waals surface area contributed by atoms with Gasteiger partial charge in [-0.25, -0.2) is 4.39 Å². The highest BCUT2D eigenvalue weighted by Crippen LogP contribution is 2.27. The van der Waals surface area contributed by atoms with Crippen LogP contribution in [0.3, 0.4) is 0 Å². The Kier molecular flexibility index (Phi) is 4.59. The molecule has 1 fully saturated rings. The highest BCUT2D eigenvalue weighted by Gasteiger charge is 2.17. The van der Waals surface area contributed by atoms with Gasteiger partial charge in [0.1, 0.15) is 0 Å². The molecule has 2 rings (SSSR count). The maximum absolute atomic E-state index is 13.1. The van der Waals surface area contributed by atoms with Gasteiger partial charge in [-0.3, -0.25) is 0 Å². The van der Waals surface area contributed by atoms with Crippen molar-refractivity contribution in [3.63, 3.8) is 0 Å². The summed E-state index contributed by atoms with van der Waals surface area (Å²) < 4.78 is 13.1. The summed E-state index contributed by atoms with van der Waals surface area (Å²) in [6.07, 6.45) is 5.27. The molecule has 0 aliphatic heterocycles. The normalized spacial score (nSPS) is 24.1. The van der Waals surface area contributed by atoms with Crippen molar-refractivity contribution in [2.24, 2.45) is 11.8 Å². The lowest BCUT2D eigenvalue weighted by molar-refractivity contribution is 0.281. The molecule has 2 N–H and O–H groups in total. The number of benzene rings is 1. The molecular weight excluding hydrogens is 229 g/mol. The fourth-order valence-corrected chi connectivity index (χ4v) is 2.61. The molecule has 100 valence electrons. The van der Waals surface area contributed by atoms with Gasteiger partial charge in [0.2, 0.25) is 0 Å². The van der Waals surface area contributed by atoms with Crippen LogP contribution in [0.4, 0.5) is 4.39 Å². The van der Waals surface area contributed by atoms with Crippen molar-refractivity contribution in [3.8, 4) is 5.75 Å². The summed E-state index contributed by atoms with van der Waals surface area (Å²) >= 11 is 0. The molecule has 18 heavy (non-hydrogen) atoms. The van der Waals surface area contributed by atoms with Crippen molar-refractivity contribution in [3.05, 3.63) is 29.6 Å². The van der Waals surface area contributed by atoms with Gasteiger partial charge >= 0.3 is 0 Å². The second kappa shape index (κ2) is 6.19. The molecule has 1 aliphatic carbocycles. The molecule has 1 aromatic carbocycles. The summed E-state index contributed by atoms with van der Waals surface area (Å²) in [7, 11) is 0. The molecule has 3 heteroatoms. The van der Waals surface area contributed by atoms with Crippen LogP contribution in [0, 0.1) is 17.7 Å². The van der Waals surface area contributed by atoms with E-state index < -0.39 is 5.82 Å². The highest BCUT2D eigenvalue weighted by atomic mass is 19.1. The largest absolute Gasteiger partial charge is 0.505 e. The van der Waals surface area contributed by atoms with Gasteiger partial charge in [0.05, 0.1) is 0 Å². The molecule has 1 aromatic rings. The SMILES string of the molecule is CC1CCC(CNCc2ccc(O)c(F)c2)CC1. The van der Waals surface area contributed by atoms with E-state index in [0.717, 1.165) is 23.9 Å². The summed E-state index contributed by atoms with van der Waals surface area (Å²) in [6.45, 7) is 4.00. The monoisotopic (exact) mass is 251 g/mol. The highest BCUT2D eigenvalue weighted by molar-refractivity contribution is 5.27. The Morgan fingerprint density at radius 1 is 1.28 bits per heavy atom. The van der Waals surface area contributed by atoms with E-state index in [1.165, 1.54) is 37.8 Å². The Labute approximate surface area is 108 Å². The Morgan fingerprint density at radius 2 is 2.00 bits per heavy atom. The molecule has 1 aliphatic rings. The van der Waals surface area contributed by atoms with Crippen LogP contribution in [0.5, 0.6) is 5.75 Å². The first-order valence-corrected chi connectivity index (χ1v) is 6.83. The van der Waals surface area contributed by atoms with Crippen molar-refractivity contribution < 1.29 is 9.50 Å². The Bertz CT molecular complexity index is 386. The van der Waals surface area contributed by atoms with Gasteiger partial charge in [-0.1, -0.05) is 25.8 Å². The summed E-state index contributed by atoms with van der Waals surface area (Å²) in [5.41, 5.74) is 0.884. The van der Waals surface area contributed by atoms with E-state index in [1.807, 2.05) is 0 Å². The van der Waals surface area contributed by atoms with Gasteiger partial charge < -0.3 is 10.4 Å². The van der Waals surface area contributed by atoms with Crippen LogP contribution in [-0.2, 0) is 6.54 Å². The van der Waals surface area contributed by atoms with E-state index in [1.54, 1.807) is 6.07 Å². The summed E-state index contributed by atoms with van der Waals surface area (Å²) in [6, 6.07) is 4.56. The molecule has 0 bridgehead atoms. The van der Waals surface area contributed by atoms with E-state index >= 15 is 0 Å². The standard InChI is InChI=1S/C15H22FNO/c1-11-2-4-12(5-3-11)9-17-10-13-6-7-15(18)14(16)8-13/h6-8,11-12,17-18H,2-5,9-10H2,1H3. The molecule has 0 unspecified atom stereocenters. The fraction of sp³-hybridized carbons (Fsp3) is 0.600. The topological polar surface area (TPSA) is 32.3 Å². The van der Waals surface area contributed by atoms with Crippen LogP contribution in [0.25, 0.3) is 0 Å². The second-order valence-corrected chi connectivity index (χ2v) is 5.54. The van der Waals surface area contributed by atoms with Crippen LogP contribution in [0.1, 0.15) is 38.2 Å². The van der Waals surface area contributed by atoms with Gasteiger partial charge in [-0.2, -0.15) is 0 Å². The van der Waals surface area contributed by atoms with Crippen molar-refractivity contribution in [2.45, 2.75) is 39.2 Å². The predicted molar refractivity (Wildman–Crippen MR) is 70.9 cm³/mol. The minimum Gasteiger partial charge on any atom is -0.505 e. The van der Waals surface area contributed by atoms with Gasteiger partial charge in [0.25, 0.3) is 0 Å². The third-order valence-electron chi connectivity index (χ3n) is 3.91. The molecule has 0 atom stereocenters. The maximum Gasteiger partial charge on any atom is 0.165 e. The fourth-order valence-electron chi connectivity index (χ4n) is 2.61. The Morgan fingerprint density at radius 3 is 2.67 bits per heavy atom. The lowest BCUT2D eigenvalue weighted by Crippen LogP contribution is -2.25. The predicted octanol–water partition coefficient (Wildman–Crippen LogP) is 3.45. The molecule has 0 aromatic heterocycles. The molecule has 0 spiro atoms. The van der Waals surface area contributed by atoms with Crippen LogP contribution < -0.4 is 5.32 Å². The average Bonchev–Trinajstić information content (AvgIpc) is 2.36. The number of rotatable bonds is 4. The smallest absolute Gasteiger partial charge is 0.165 e. The third kappa shape index (κ3) is 3.70. The molecule has 0 amide bonds.